The SMILES string of the molecule is Cc1ccc(OCCCC(=O)NC2CC2)cc1. The largest absolute Gasteiger partial charge is 0.494 e. The molecule has 92 valence electrons. The molecule has 1 N–H and O–H groups in total. The van der Waals surface area contributed by atoms with E-state index in [1.807, 2.05) is 31.2 Å². The molecule has 0 atom stereocenters. The fourth-order valence-electron chi connectivity index (χ4n) is 1.58. The van der Waals surface area contributed by atoms with Crippen molar-refractivity contribution in [1.82, 2.24) is 5.32 Å². The molecule has 0 unspecified atom stereocenters. The van der Waals surface area contributed by atoms with Crippen molar-refractivity contribution in [2.75, 3.05) is 6.61 Å². The van der Waals surface area contributed by atoms with Gasteiger partial charge >= 0.3 is 0 Å². The molecular weight excluding hydrogens is 214 g/mol. The molecule has 1 aliphatic carbocycles. The zero-order chi connectivity index (χ0) is 12.1. The van der Waals surface area contributed by atoms with Crippen LogP contribution in [0.15, 0.2) is 24.3 Å². The van der Waals surface area contributed by atoms with Gasteiger partial charge in [0.25, 0.3) is 0 Å². The molecule has 3 nitrogen and oxygen atoms in total. The molecule has 0 aliphatic heterocycles. The lowest BCUT2D eigenvalue weighted by Gasteiger charge is -2.06. The Balaban J connectivity index is 1.59. The third-order valence-electron chi connectivity index (χ3n) is 2.78. The Labute approximate surface area is 102 Å². The summed E-state index contributed by atoms with van der Waals surface area (Å²) in [6, 6.07) is 8.42. The van der Waals surface area contributed by atoms with E-state index in [1.54, 1.807) is 0 Å². The number of carbonyl (C=O) groups is 1. The summed E-state index contributed by atoms with van der Waals surface area (Å²) in [6.07, 6.45) is 3.62. The summed E-state index contributed by atoms with van der Waals surface area (Å²) in [5.41, 5.74) is 1.22. The molecule has 3 heteroatoms. The van der Waals surface area contributed by atoms with E-state index in [9.17, 15) is 4.79 Å². The van der Waals surface area contributed by atoms with Gasteiger partial charge in [-0.3, -0.25) is 4.79 Å². The Morgan fingerprint density at radius 2 is 2.06 bits per heavy atom. The van der Waals surface area contributed by atoms with Crippen molar-refractivity contribution in [3.05, 3.63) is 29.8 Å². The van der Waals surface area contributed by atoms with Crippen LogP contribution >= 0.6 is 0 Å². The number of benzene rings is 1. The van der Waals surface area contributed by atoms with Crippen LogP contribution in [0.1, 0.15) is 31.2 Å². The molecule has 1 saturated carbocycles. The quantitative estimate of drug-likeness (QED) is 0.766. The van der Waals surface area contributed by atoms with E-state index in [2.05, 4.69) is 5.32 Å². The van der Waals surface area contributed by atoms with Crippen LogP contribution in [0.4, 0.5) is 0 Å². The van der Waals surface area contributed by atoms with Crippen LogP contribution in [0.3, 0.4) is 0 Å². The normalized spacial score (nSPS) is 14.4. The third kappa shape index (κ3) is 4.47. The molecule has 0 heterocycles. The van der Waals surface area contributed by atoms with Gasteiger partial charge in [-0.15, -0.1) is 0 Å². The number of ether oxygens (including phenoxy) is 1. The molecule has 2 rings (SSSR count). The smallest absolute Gasteiger partial charge is 0.220 e. The van der Waals surface area contributed by atoms with Gasteiger partial charge in [-0.05, 0) is 38.3 Å². The van der Waals surface area contributed by atoms with Gasteiger partial charge in [0, 0.05) is 12.5 Å². The summed E-state index contributed by atoms with van der Waals surface area (Å²) >= 11 is 0. The fraction of sp³-hybridized carbons (Fsp3) is 0.500. The second-order valence-corrected chi connectivity index (χ2v) is 4.61. The van der Waals surface area contributed by atoms with Gasteiger partial charge in [-0.25, -0.2) is 0 Å². The standard InChI is InChI=1S/C14H19NO2/c1-11-4-8-13(9-5-11)17-10-2-3-14(16)15-12-6-7-12/h4-5,8-9,12H,2-3,6-7,10H2,1H3,(H,15,16). The molecule has 0 saturated heterocycles. The van der Waals surface area contributed by atoms with E-state index in [-0.39, 0.29) is 5.91 Å². The lowest BCUT2D eigenvalue weighted by Crippen LogP contribution is -2.25. The van der Waals surface area contributed by atoms with Crippen molar-refractivity contribution in [3.63, 3.8) is 0 Å². The summed E-state index contributed by atoms with van der Waals surface area (Å²) < 4.78 is 5.55. The highest BCUT2D eigenvalue weighted by Crippen LogP contribution is 2.18. The molecule has 1 amide bonds. The predicted molar refractivity (Wildman–Crippen MR) is 67.1 cm³/mol. The first-order chi connectivity index (χ1) is 8.24. The molecular formula is C14H19NO2. The van der Waals surface area contributed by atoms with Gasteiger partial charge in [0.05, 0.1) is 6.61 Å². The third-order valence-corrected chi connectivity index (χ3v) is 2.78. The lowest BCUT2D eigenvalue weighted by atomic mass is 10.2. The lowest BCUT2D eigenvalue weighted by molar-refractivity contribution is -0.121. The predicted octanol–water partition coefficient (Wildman–Crippen LogP) is 2.43. The maximum absolute atomic E-state index is 11.4. The maximum Gasteiger partial charge on any atom is 0.220 e. The van der Waals surface area contributed by atoms with E-state index >= 15 is 0 Å². The molecule has 17 heavy (non-hydrogen) atoms. The Kier molecular flexibility index (Phi) is 4.02. The highest BCUT2D eigenvalue weighted by atomic mass is 16.5. The minimum atomic E-state index is 0.153. The van der Waals surface area contributed by atoms with E-state index in [0.29, 0.717) is 19.1 Å². The van der Waals surface area contributed by atoms with Crippen LogP contribution in [-0.4, -0.2) is 18.6 Å². The number of aryl methyl sites for hydroxylation is 1. The van der Waals surface area contributed by atoms with Crippen LogP contribution in [0.2, 0.25) is 0 Å². The second-order valence-electron chi connectivity index (χ2n) is 4.61. The monoisotopic (exact) mass is 233 g/mol. The van der Waals surface area contributed by atoms with Crippen molar-refractivity contribution >= 4 is 5.91 Å². The molecule has 0 spiro atoms. The van der Waals surface area contributed by atoms with Crippen LogP contribution in [0, 0.1) is 6.92 Å². The van der Waals surface area contributed by atoms with E-state index in [0.717, 1.165) is 25.0 Å². The zero-order valence-corrected chi connectivity index (χ0v) is 10.2. The Bertz CT molecular complexity index is 368. The van der Waals surface area contributed by atoms with Crippen LogP contribution < -0.4 is 10.1 Å². The summed E-state index contributed by atoms with van der Waals surface area (Å²) in [7, 11) is 0. The highest BCUT2D eigenvalue weighted by molar-refractivity contribution is 5.76. The molecule has 1 fully saturated rings. The van der Waals surface area contributed by atoms with Gasteiger partial charge in [-0.1, -0.05) is 17.7 Å². The number of hydrogen-bond donors (Lipinski definition) is 1. The van der Waals surface area contributed by atoms with Crippen molar-refractivity contribution in [2.24, 2.45) is 0 Å². The first-order valence-corrected chi connectivity index (χ1v) is 6.23. The fourth-order valence-corrected chi connectivity index (χ4v) is 1.58. The minimum absolute atomic E-state index is 0.153. The number of carbonyl (C=O) groups excluding carboxylic acids is 1. The van der Waals surface area contributed by atoms with E-state index in [4.69, 9.17) is 4.74 Å². The van der Waals surface area contributed by atoms with Crippen molar-refractivity contribution < 1.29 is 9.53 Å². The van der Waals surface area contributed by atoms with Gasteiger partial charge in [0.15, 0.2) is 0 Å². The summed E-state index contributed by atoms with van der Waals surface area (Å²) in [4.78, 5) is 11.4. The van der Waals surface area contributed by atoms with Crippen LogP contribution in [0.25, 0.3) is 0 Å². The maximum atomic E-state index is 11.4. The summed E-state index contributed by atoms with van der Waals surface area (Å²) in [6.45, 7) is 2.65. The van der Waals surface area contributed by atoms with Crippen molar-refractivity contribution in [3.8, 4) is 5.75 Å². The first kappa shape index (κ1) is 12.0. The van der Waals surface area contributed by atoms with Crippen LogP contribution in [-0.2, 0) is 4.79 Å². The molecule has 0 aromatic heterocycles. The minimum Gasteiger partial charge on any atom is -0.494 e. The van der Waals surface area contributed by atoms with Gasteiger partial charge in [0.1, 0.15) is 5.75 Å². The Morgan fingerprint density at radius 1 is 1.35 bits per heavy atom. The highest BCUT2D eigenvalue weighted by Gasteiger charge is 2.22. The Morgan fingerprint density at radius 3 is 2.71 bits per heavy atom. The van der Waals surface area contributed by atoms with Crippen LogP contribution in [0.5, 0.6) is 5.75 Å². The van der Waals surface area contributed by atoms with E-state index in [1.165, 1.54) is 5.56 Å². The van der Waals surface area contributed by atoms with Gasteiger partial charge in [0.2, 0.25) is 5.91 Å². The van der Waals surface area contributed by atoms with Crippen molar-refractivity contribution in [1.29, 1.82) is 0 Å². The second kappa shape index (κ2) is 5.71. The van der Waals surface area contributed by atoms with Gasteiger partial charge in [-0.2, -0.15) is 0 Å². The van der Waals surface area contributed by atoms with Gasteiger partial charge < -0.3 is 10.1 Å². The zero-order valence-electron chi connectivity index (χ0n) is 10.2. The number of amides is 1. The Hall–Kier alpha value is -1.51. The van der Waals surface area contributed by atoms with Crippen molar-refractivity contribution in [2.45, 2.75) is 38.6 Å². The molecule has 1 aromatic carbocycles. The molecule has 1 aromatic rings. The molecule has 1 aliphatic rings. The van der Waals surface area contributed by atoms with E-state index < -0.39 is 0 Å². The number of rotatable bonds is 6. The average molecular weight is 233 g/mol. The summed E-state index contributed by atoms with van der Waals surface area (Å²) in [5.74, 6) is 1.03. The first-order valence-electron chi connectivity index (χ1n) is 6.23. The summed E-state index contributed by atoms with van der Waals surface area (Å²) in [5, 5.41) is 2.97. The number of hydrogen-bond acceptors (Lipinski definition) is 2. The molecule has 0 bridgehead atoms. The number of nitrogens with one attached hydrogen (secondary N) is 1. The topological polar surface area (TPSA) is 38.3 Å². The molecule has 0 radical (unpaired) electrons. The average Bonchev–Trinajstić information content (AvgIpc) is 3.11.